The summed E-state index contributed by atoms with van der Waals surface area (Å²) in [7, 11) is 0. The molecule has 0 atom stereocenters. The normalized spacial score (nSPS) is 8.57. The van der Waals surface area contributed by atoms with Crippen LogP contribution in [0, 0.1) is 0 Å². The van der Waals surface area contributed by atoms with Gasteiger partial charge in [0.15, 0.2) is 0 Å². The quantitative estimate of drug-likeness (QED) is 0.341. The number of hydrogen-bond acceptors (Lipinski definition) is 1. The summed E-state index contributed by atoms with van der Waals surface area (Å²) in [6, 6.07) is 0. The van der Waals surface area contributed by atoms with E-state index in [1.165, 1.54) is 0 Å². The second-order valence-corrected chi connectivity index (χ2v) is 2.17. The summed E-state index contributed by atoms with van der Waals surface area (Å²) in [4.78, 5) is 0. The third-order valence-corrected chi connectivity index (χ3v) is 0. The summed E-state index contributed by atoms with van der Waals surface area (Å²) < 4.78 is 0. The first kappa shape index (κ1) is 16.0. The summed E-state index contributed by atoms with van der Waals surface area (Å²) in [5.74, 6) is 0. The van der Waals surface area contributed by atoms with Crippen molar-refractivity contribution in [3.05, 3.63) is 0 Å². The molecule has 7 heavy (non-hydrogen) atoms. The van der Waals surface area contributed by atoms with Crippen molar-refractivity contribution in [1.29, 1.82) is 0 Å². The molecule has 0 fully saturated rings. The standard InChI is InChI=1S/C4H10O.ClH.K/c1-4(2,3)5;;/h5H,1-3H3;1H;/q;;+1/p-1. The first-order valence-corrected chi connectivity index (χ1v) is 1.72. The summed E-state index contributed by atoms with van der Waals surface area (Å²) in [5, 5.41) is 8.52. The smallest absolute Gasteiger partial charge is 1.00 e. The molecule has 0 aliphatic carbocycles. The SMILES string of the molecule is CC(C)(C)O.[Cl-].[K+]. The van der Waals surface area contributed by atoms with E-state index < -0.39 is 5.60 Å². The largest absolute Gasteiger partial charge is 1.00 e. The summed E-state index contributed by atoms with van der Waals surface area (Å²) in [5.41, 5.74) is -0.500. The molecular weight excluding hydrogens is 139 g/mol. The predicted molar refractivity (Wildman–Crippen MR) is 22.0 cm³/mol. The van der Waals surface area contributed by atoms with E-state index >= 15 is 0 Å². The molecule has 0 aromatic heterocycles. The fourth-order valence-corrected chi connectivity index (χ4v) is 0. The van der Waals surface area contributed by atoms with Gasteiger partial charge in [0.05, 0.1) is 5.60 Å². The zero-order valence-electron chi connectivity index (χ0n) is 5.33. The van der Waals surface area contributed by atoms with E-state index in [1.54, 1.807) is 20.8 Å². The van der Waals surface area contributed by atoms with E-state index in [0.29, 0.717) is 0 Å². The molecule has 0 radical (unpaired) electrons. The molecule has 0 heterocycles. The van der Waals surface area contributed by atoms with Gasteiger partial charge in [-0.1, -0.05) is 0 Å². The molecule has 0 aliphatic rings. The van der Waals surface area contributed by atoms with Crippen molar-refractivity contribution in [1.82, 2.24) is 0 Å². The number of halogens is 1. The van der Waals surface area contributed by atoms with E-state index in [4.69, 9.17) is 5.11 Å². The van der Waals surface area contributed by atoms with Gasteiger partial charge in [0, 0.05) is 0 Å². The van der Waals surface area contributed by atoms with E-state index in [-0.39, 0.29) is 63.8 Å². The van der Waals surface area contributed by atoms with Crippen LogP contribution in [0.15, 0.2) is 0 Å². The van der Waals surface area contributed by atoms with E-state index in [1.807, 2.05) is 0 Å². The molecule has 0 bridgehead atoms. The molecule has 0 unspecified atom stereocenters. The fourth-order valence-electron chi connectivity index (χ4n) is 0. The Morgan fingerprint density at radius 3 is 1.14 bits per heavy atom. The van der Waals surface area contributed by atoms with Gasteiger partial charge in [-0.3, -0.25) is 0 Å². The van der Waals surface area contributed by atoms with Crippen LogP contribution in [-0.4, -0.2) is 10.7 Å². The van der Waals surface area contributed by atoms with Gasteiger partial charge < -0.3 is 17.5 Å². The molecule has 0 amide bonds. The minimum Gasteiger partial charge on any atom is -1.00 e. The topological polar surface area (TPSA) is 20.2 Å². The summed E-state index contributed by atoms with van der Waals surface area (Å²) in [6.45, 7) is 5.23. The summed E-state index contributed by atoms with van der Waals surface area (Å²) >= 11 is 0. The molecule has 0 aromatic carbocycles. The predicted octanol–water partition coefficient (Wildman–Crippen LogP) is -5.21. The van der Waals surface area contributed by atoms with Gasteiger partial charge in [-0.2, -0.15) is 0 Å². The van der Waals surface area contributed by atoms with Crippen molar-refractivity contribution in [3.63, 3.8) is 0 Å². The monoisotopic (exact) mass is 148 g/mol. The van der Waals surface area contributed by atoms with Crippen molar-refractivity contribution in [2.24, 2.45) is 0 Å². The van der Waals surface area contributed by atoms with Crippen LogP contribution < -0.4 is 63.8 Å². The molecule has 0 saturated carbocycles. The molecule has 0 rings (SSSR count). The Bertz CT molecular complexity index is 27.2. The van der Waals surface area contributed by atoms with Crippen molar-refractivity contribution in [2.75, 3.05) is 0 Å². The molecule has 1 nitrogen and oxygen atoms in total. The molecule has 40 valence electrons. The van der Waals surface area contributed by atoms with Gasteiger partial charge in [0.2, 0.25) is 0 Å². The van der Waals surface area contributed by atoms with E-state index in [0.717, 1.165) is 0 Å². The maximum atomic E-state index is 8.52. The van der Waals surface area contributed by atoms with Gasteiger partial charge in [0.25, 0.3) is 0 Å². The number of aliphatic hydroxyl groups is 1. The molecule has 0 spiro atoms. The Morgan fingerprint density at radius 2 is 1.14 bits per heavy atom. The average molecular weight is 149 g/mol. The molecular formula is C4H10ClKO. The van der Waals surface area contributed by atoms with Crippen molar-refractivity contribution >= 4 is 0 Å². The van der Waals surface area contributed by atoms with Crippen LogP contribution in [0.1, 0.15) is 20.8 Å². The van der Waals surface area contributed by atoms with Gasteiger partial charge in [-0.15, -0.1) is 0 Å². The fraction of sp³-hybridized carbons (Fsp3) is 1.00. The minimum atomic E-state index is -0.500. The molecule has 0 saturated heterocycles. The van der Waals surface area contributed by atoms with Crippen molar-refractivity contribution in [3.8, 4) is 0 Å². The van der Waals surface area contributed by atoms with E-state index in [9.17, 15) is 0 Å². The third kappa shape index (κ3) is 76.8. The van der Waals surface area contributed by atoms with Gasteiger partial charge in [-0.05, 0) is 20.8 Å². The van der Waals surface area contributed by atoms with Crippen LogP contribution in [0.25, 0.3) is 0 Å². The Hall–Kier alpha value is 1.89. The van der Waals surface area contributed by atoms with Crippen LogP contribution in [-0.2, 0) is 0 Å². The molecule has 0 aliphatic heterocycles. The first-order valence-electron chi connectivity index (χ1n) is 1.72. The Morgan fingerprint density at radius 1 is 1.14 bits per heavy atom. The number of hydrogen-bond donors (Lipinski definition) is 1. The van der Waals surface area contributed by atoms with Crippen LogP contribution >= 0.6 is 0 Å². The summed E-state index contributed by atoms with van der Waals surface area (Å²) in [6.07, 6.45) is 0. The zero-order chi connectivity index (χ0) is 4.50. The van der Waals surface area contributed by atoms with Gasteiger partial charge in [0.1, 0.15) is 0 Å². The Kier molecular flexibility index (Phi) is 13.7. The van der Waals surface area contributed by atoms with E-state index in [2.05, 4.69) is 0 Å². The molecule has 0 aromatic rings. The maximum Gasteiger partial charge on any atom is 1.00 e. The zero-order valence-corrected chi connectivity index (χ0v) is 9.20. The Balaban J connectivity index is -0.0000000800. The molecule has 3 heteroatoms. The third-order valence-electron chi connectivity index (χ3n) is 0. The van der Waals surface area contributed by atoms with Crippen LogP contribution in [0.5, 0.6) is 0 Å². The Labute approximate surface area is 93.7 Å². The van der Waals surface area contributed by atoms with Crippen LogP contribution in [0.4, 0.5) is 0 Å². The van der Waals surface area contributed by atoms with Crippen LogP contribution in [0.3, 0.4) is 0 Å². The van der Waals surface area contributed by atoms with Crippen molar-refractivity contribution in [2.45, 2.75) is 26.4 Å². The minimum absolute atomic E-state index is 0. The second-order valence-electron chi connectivity index (χ2n) is 2.17. The van der Waals surface area contributed by atoms with Crippen molar-refractivity contribution < 1.29 is 68.9 Å². The van der Waals surface area contributed by atoms with Crippen LogP contribution in [0.2, 0.25) is 0 Å². The average Bonchev–Trinajstić information content (AvgIpc) is 0.722. The van der Waals surface area contributed by atoms with Gasteiger partial charge >= 0.3 is 51.4 Å². The second kappa shape index (κ2) is 6.01. The molecule has 1 N–H and O–H groups in total. The maximum absolute atomic E-state index is 8.52. The first-order chi connectivity index (χ1) is 2.00. The van der Waals surface area contributed by atoms with Gasteiger partial charge in [-0.25, -0.2) is 0 Å². The number of rotatable bonds is 0.